The summed E-state index contributed by atoms with van der Waals surface area (Å²) in [5.74, 6) is -0.499. The van der Waals surface area contributed by atoms with Crippen LogP contribution in [0.2, 0.25) is 0 Å². The summed E-state index contributed by atoms with van der Waals surface area (Å²) in [6.45, 7) is 7.77. The van der Waals surface area contributed by atoms with Crippen LogP contribution < -0.4 is 5.32 Å². The van der Waals surface area contributed by atoms with E-state index in [1.54, 1.807) is 18.2 Å². The molecular weight excluding hydrogens is 382 g/mol. The lowest BCUT2D eigenvalue weighted by Gasteiger charge is -2.20. The molecule has 0 bridgehead atoms. The first-order valence-corrected chi connectivity index (χ1v) is 10.1. The molecule has 3 rings (SSSR count). The third kappa shape index (κ3) is 5.18. The number of carbonyl (C=O) groups excluding carboxylic acids is 2. The number of hydrogen-bond donors (Lipinski definition) is 1. The Kier molecular flexibility index (Phi) is 6.57. The average molecular weight is 406 g/mol. The maximum absolute atomic E-state index is 12.9. The molecule has 0 aliphatic carbocycles. The van der Waals surface area contributed by atoms with Crippen LogP contribution in [0.4, 0.5) is 5.13 Å². The van der Waals surface area contributed by atoms with Crippen LogP contribution in [-0.4, -0.2) is 34.8 Å². The van der Waals surface area contributed by atoms with Crippen molar-refractivity contribution in [3.8, 4) is 11.1 Å². The number of nitrogens with one attached hydrogen (secondary N) is 1. The van der Waals surface area contributed by atoms with Gasteiger partial charge in [-0.15, -0.1) is 17.9 Å². The van der Waals surface area contributed by atoms with Crippen LogP contribution >= 0.6 is 11.3 Å². The van der Waals surface area contributed by atoms with Crippen molar-refractivity contribution in [2.45, 2.75) is 13.8 Å². The molecule has 0 fully saturated rings. The molecule has 29 heavy (non-hydrogen) atoms. The highest BCUT2D eigenvalue weighted by Crippen LogP contribution is 2.22. The second kappa shape index (κ2) is 9.30. The van der Waals surface area contributed by atoms with Crippen molar-refractivity contribution < 1.29 is 9.59 Å². The van der Waals surface area contributed by atoms with Crippen LogP contribution in [0, 0.1) is 13.8 Å². The minimum atomic E-state index is -0.283. The van der Waals surface area contributed by atoms with Crippen LogP contribution in [0.5, 0.6) is 0 Å². The molecule has 6 heteroatoms. The van der Waals surface area contributed by atoms with Gasteiger partial charge in [0.05, 0.1) is 5.69 Å². The number of carbonyl (C=O) groups is 2. The highest BCUT2D eigenvalue weighted by molar-refractivity contribution is 7.15. The van der Waals surface area contributed by atoms with Gasteiger partial charge in [-0.1, -0.05) is 48.5 Å². The maximum Gasteiger partial charge on any atom is 0.254 e. The van der Waals surface area contributed by atoms with Gasteiger partial charge in [-0.2, -0.15) is 0 Å². The van der Waals surface area contributed by atoms with Crippen LogP contribution in [0.25, 0.3) is 11.1 Å². The van der Waals surface area contributed by atoms with E-state index in [-0.39, 0.29) is 24.9 Å². The number of hydrogen-bond acceptors (Lipinski definition) is 4. The zero-order valence-corrected chi connectivity index (χ0v) is 17.3. The summed E-state index contributed by atoms with van der Waals surface area (Å²) in [7, 11) is 0. The number of anilines is 1. The first-order valence-electron chi connectivity index (χ1n) is 9.27. The highest BCUT2D eigenvalue weighted by Gasteiger charge is 2.19. The van der Waals surface area contributed by atoms with Crippen molar-refractivity contribution >= 4 is 28.3 Å². The van der Waals surface area contributed by atoms with E-state index in [1.807, 2.05) is 56.3 Å². The Morgan fingerprint density at radius 3 is 2.31 bits per heavy atom. The van der Waals surface area contributed by atoms with E-state index in [1.165, 1.54) is 16.2 Å². The summed E-state index contributed by atoms with van der Waals surface area (Å²) in [6, 6.07) is 17.4. The summed E-state index contributed by atoms with van der Waals surface area (Å²) in [4.78, 5) is 32.2. The highest BCUT2D eigenvalue weighted by atomic mass is 32.1. The van der Waals surface area contributed by atoms with E-state index < -0.39 is 0 Å². The monoisotopic (exact) mass is 405 g/mol. The van der Waals surface area contributed by atoms with Crippen molar-refractivity contribution in [2.75, 3.05) is 18.4 Å². The van der Waals surface area contributed by atoms with E-state index in [0.29, 0.717) is 10.7 Å². The third-order valence-electron chi connectivity index (χ3n) is 4.49. The van der Waals surface area contributed by atoms with Crippen molar-refractivity contribution in [1.82, 2.24) is 9.88 Å². The topological polar surface area (TPSA) is 62.3 Å². The summed E-state index contributed by atoms with van der Waals surface area (Å²) in [6.07, 6.45) is 1.61. The predicted molar refractivity (Wildman–Crippen MR) is 118 cm³/mol. The molecule has 1 aromatic heterocycles. The minimum absolute atomic E-state index is 0.0665. The second-order valence-electron chi connectivity index (χ2n) is 6.63. The molecule has 148 valence electrons. The molecule has 3 aromatic rings. The molecule has 0 aliphatic rings. The molecule has 2 amide bonds. The van der Waals surface area contributed by atoms with Crippen LogP contribution in [0.3, 0.4) is 0 Å². The first-order chi connectivity index (χ1) is 14.0. The SMILES string of the molecule is C=CCN(CC(=O)Nc1nc(C)c(C)s1)C(=O)c1ccc(-c2ccccc2)cc1. The van der Waals surface area contributed by atoms with Gasteiger partial charge in [-0.05, 0) is 37.1 Å². The molecule has 1 heterocycles. The smallest absolute Gasteiger partial charge is 0.254 e. The van der Waals surface area contributed by atoms with Crippen LogP contribution in [0.15, 0.2) is 67.3 Å². The van der Waals surface area contributed by atoms with Gasteiger partial charge in [0.1, 0.15) is 6.54 Å². The lowest BCUT2D eigenvalue weighted by atomic mass is 10.0. The standard InChI is InChI=1S/C23H23N3O2S/c1-4-14-26(15-21(27)25-23-24-16(2)17(3)29-23)22(28)20-12-10-19(11-13-20)18-8-6-5-7-9-18/h4-13H,1,14-15H2,2-3H3,(H,24,25,27). The molecule has 2 aromatic carbocycles. The number of aromatic nitrogens is 1. The average Bonchev–Trinajstić information content (AvgIpc) is 3.04. The second-order valence-corrected chi connectivity index (χ2v) is 7.83. The summed E-state index contributed by atoms with van der Waals surface area (Å²) < 4.78 is 0. The maximum atomic E-state index is 12.9. The first kappa shape index (κ1) is 20.5. The Labute approximate surface area is 174 Å². The molecule has 5 nitrogen and oxygen atoms in total. The molecule has 0 saturated carbocycles. The lowest BCUT2D eigenvalue weighted by molar-refractivity contribution is -0.116. The van der Waals surface area contributed by atoms with Gasteiger partial charge in [0.25, 0.3) is 5.91 Å². The van der Waals surface area contributed by atoms with Crippen molar-refractivity contribution in [2.24, 2.45) is 0 Å². The van der Waals surface area contributed by atoms with E-state index >= 15 is 0 Å². The molecule has 0 aliphatic heterocycles. The van der Waals surface area contributed by atoms with Gasteiger partial charge < -0.3 is 10.2 Å². The van der Waals surface area contributed by atoms with Gasteiger partial charge in [-0.25, -0.2) is 4.98 Å². The fraction of sp³-hybridized carbons (Fsp3) is 0.174. The molecule has 1 N–H and O–H groups in total. The molecule has 0 unspecified atom stereocenters. The number of thiazole rings is 1. The molecule has 0 spiro atoms. The fourth-order valence-electron chi connectivity index (χ4n) is 2.85. The number of nitrogens with zero attached hydrogens (tertiary/aromatic N) is 2. The normalized spacial score (nSPS) is 10.4. The zero-order chi connectivity index (χ0) is 20.8. The van der Waals surface area contributed by atoms with Gasteiger partial charge >= 0.3 is 0 Å². The van der Waals surface area contributed by atoms with E-state index in [2.05, 4.69) is 16.9 Å². The van der Waals surface area contributed by atoms with Gasteiger partial charge in [-0.3, -0.25) is 9.59 Å². The van der Waals surface area contributed by atoms with Crippen molar-refractivity contribution in [3.05, 3.63) is 83.4 Å². The number of aryl methyl sites for hydroxylation is 2. The van der Waals surface area contributed by atoms with E-state index in [4.69, 9.17) is 0 Å². The summed E-state index contributed by atoms with van der Waals surface area (Å²) >= 11 is 1.42. The summed E-state index contributed by atoms with van der Waals surface area (Å²) in [5.41, 5.74) is 3.54. The van der Waals surface area contributed by atoms with Crippen LogP contribution in [0.1, 0.15) is 20.9 Å². The number of amides is 2. The van der Waals surface area contributed by atoms with Crippen LogP contribution in [-0.2, 0) is 4.79 Å². The number of benzene rings is 2. The predicted octanol–water partition coefficient (Wildman–Crippen LogP) is 4.69. The Hall–Kier alpha value is -3.25. The van der Waals surface area contributed by atoms with Crippen molar-refractivity contribution in [3.63, 3.8) is 0 Å². The molecule has 0 atom stereocenters. The van der Waals surface area contributed by atoms with E-state index in [9.17, 15) is 9.59 Å². The third-order valence-corrected chi connectivity index (χ3v) is 5.47. The van der Waals surface area contributed by atoms with Gasteiger partial charge in [0.2, 0.25) is 5.91 Å². The molecule has 0 radical (unpaired) electrons. The zero-order valence-electron chi connectivity index (χ0n) is 16.5. The summed E-state index contributed by atoms with van der Waals surface area (Å²) in [5, 5.41) is 3.31. The Balaban J connectivity index is 1.70. The molecule has 0 saturated heterocycles. The Morgan fingerprint density at radius 2 is 1.72 bits per heavy atom. The van der Waals surface area contributed by atoms with Gasteiger partial charge in [0.15, 0.2) is 5.13 Å². The Morgan fingerprint density at radius 1 is 1.07 bits per heavy atom. The van der Waals surface area contributed by atoms with Crippen molar-refractivity contribution in [1.29, 1.82) is 0 Å². The minimum Gasteiger partial charge on any atom is -0.326 e. The largest absolute Gasteiger partial charge is 0.326 e. The lowest BCUT2D eigenvalue weighted by Crippen LogP contribution is -2.38. The quantitative estimate of drug-likeness (QED) is 0.580. The van der Waals surface area contributed by atoms with Gasteiger partial charge in [0, 0.05) is 17.0 Å². The Bertz CT molecular complexity index is 991. The van der Waals surface area contributed by atoms with E-state index in [0.717, 1.165) is 21.7 Å². The number of rotatable bonds is 7. The fourth-order valence-corrected chi connectivity index (χ4v) is 3.68. The molecular formula is C23H23N3O2S.